The van der Waals surface area contributed by atoms with E-state index in [2.05, 4.69) is 32.4 Å². The molecule has 0 radical (unpaired) electrons. The molecule has 1 unspecified atom stereocenters. The fourth-order valence-electron chi connectivity index (χ4n) is 1.79. The van der Waals surface area contributed by atoms with Gasteiger partial charge >= 0.3 is 0 Å². The highest BCUT2D eigenvalue weighted by atomic mass is 16.1. The highest BCUT2D eigenvalue weighted by Gasteiger charge is 2.05. The molecule has 0 fully saturated rings. The Labute approximate surface area is 127 Å². The van der Waals surface area contributed by atoms with Crippen LogP contribution in [0.1, 0.15) is 26.7 Å². The second-order valence-electron chi connectivity index (χ2n) is 4.97. The number of hydrogen-bond acceptors (Lipinski definition) is 2. The molecular weight excluding hydrogens is 266 g/mol. The van der Waals surface area contributed by atoms with E-state index in [4.69, 9.17) is 0 Å². The van der Waals surface area contributed by atoms with E-state index in [1.165, 1.54) is 0 Å². The SMILES string of the molecule is CCC(C)NC(=O)CCNC(=NC)NCCn1cccc1. The van der Waals surface area contributed by atoms with E-state index in [1.807, 2.05) is 31.5 Å². The van der Waals surface area contributed by atoms with Crippen LogP contribution in [0.25, 0.3) is 0 Å². The van der Waals surface area contributed by atoms with Gasteiger partial charge in [0.2, 0.25) is 5.91 Å². The molecule has 21 heavy (non-hydrogen) atoms. The van der Waals surface area contributed by atoms with Gasteiger partial charge in [0.15, 0.2) is 5.96 Å². The molecule has 0 aliphatic carbocycles. The molecule has 0 saturated heterocycles. The number of carbonyl (C=O) groups excluding carboxylic acids is 1. The minimum Gasteiger partial charge on any atom is -0.356 e. The molecule has 0 aliphatic heterocycles. The third-order valence-corrected chi connectivity index (χ3v) is 3.22. The number of guanidine groups is 1. The summed E-state index contributed by atoms with van der Waals surface area (Å²) in [7, 11) is 1.73. The van der Waals surface area contributed by atoms with Crippen LogP contribution < -0.4 is 16.0 Å². The Morgan fingerprint density at radius 2 is 1.90 bits per heavy atom. The summed E-state index contributed by atoms with van der Waals surface area (Å²) in [5, 5.41) is 9.30. The lowest BCUT2D eigenvalue weighted by Crippen LogP contribution is -2.41. The first-order chi connectivity index (χ1) is 10.2. The van der Waals surface area contributed by atoms with Crippen molar-refractivity contribution < 1.29 is 4.79 Å². The van der Waals surface area contributed by atoms with Gasteiger partial charge in [0.25, 0.3) is 0 Å². The summed E-state index contributed by atoms with van der Waals surface area (Å²) < 4.78 is 2.10. The van der Waals surface area contributed by atoms with Gasteiger partial charge in [-0.15, -0.1) is 0 Å². The van der Waals surface area contributed by atoms with E-state index >= 15 is 0 Å². The maximum Gasteiger partial charge on any atom is 0.221 e. The average Bonchev–Trinajstić information content (AvgIpc) is 2.98. The highest BCUT2D eigenvalue weighted by molar-refractivity contribution is 5.81. The zero-order chi connectivity index (χ0) is 15.5. The molecule has 1 amide bonds. The second kappa shape index (κ2) is 9.85. The first-order valence-corrected chi connectivity index (χ1v) is 7.50. The summed E-state index contributed by atoms with van der Waals surface area (Å²) in [6, 6.07) is 4.24. The van der Waals surface area contributed by atoms with E-state index < -0.39 is 0 Å². The fourth-order valence-corrected chi connectivity index (χ4v) is 1.79. The number of carbonyl (C=O) groups is 1. The Kier molecular flexibility index (Phi) is 8.01. The topological polar surface area (TPSA) is 70.4 Å². The van der Waals surface area contributed by atoms with Crippen molar-refractivity contribution in [1.29, 1.82) is 0 Å². The molecule has 1 aromatic heterocycles. The Bertz CT molecular complexity index is 427. The molecule has 0 bridgehead atoms. The normalized spacial score (nSPS) is 12.8. The third-order valence-electron chi connectivity index (χ3n) is 3.22. The number of amides is 1. The summed E-state index contributed by atoms with van der Waals surface area (Å²) in [5.74, 6) is 0.790. The van der Waals surface area contributed by atoms with Crippen LogP contribution >= 0.6 is 0 Å². The molecule has 1 aromatic rings. The zero-order valence-corrected chi connectivity index (χ0v) is 13.2. The number of nitrogens with zero attached hydrogens (tertiary/aromatic N) is 2. The molecular formula is C15H27N5O. The maximum atomic E-state index is 11.6. The van der Waals surface area contributed by atoms with E-state index in [0.717, 1.165) is 25.5 Å². The molecule has 0 aromatic carbocycles. The van der Waals surface area contributed by atoms with Gasteiger partial charge in [-0.2, -0.15) is 0 Å². The van der Waals surface area contributed by atoms with Crippen molar-refractivity contribution in [1.82, 2.24) is 20.5 Å². The van der Waals surface area contributed by atoms with Crippen molar-refractivity contribution in [3.8, 4) is 0 Å². The van der Waals surface area contributed by atoms with Crippen LogP contribution in [0.3, 0.4) is 0 Å². The van der Waals surface area contributed by atoms with Crippen LogP contribution in [0.4, 0.5) is 0 Å². The Hall–Kier alpha value is -1.98. The Morgan fingerprint density at radius 1 is 1.24 bits per heavy atom. The molecule has 118 valence electrons. The van der Waals surface area contributed by atoms with Gasteiger partial charge in [-0.3, -0.25) is 9.79 Å². The zero-order valence-electron chi connectivity index (χ0n) is 13.2. The van der Waals surface area contributed by atoms with Gasteiger partial charge in [-0.05, 0) is 25.5 Å². The van der Waals surface area contributed by atoms with Crippen molar-refractivity contribution in [2.75, 3.05) is 20.1 Å². The van der Waals surface area contributed by atoms with E-state index in [0.29, 0.717) is 13.0 Å². The first-order valence-electron chi connectivity index (χ1n) is 7.50. The quantitative estimate of drug-likeness (QED) is 0.494. The summed E-state index contributed by atoms with van der Waals surface area (Å²) in [6.07, 6.45) is 5.44. The van der Waals surface area contributed by atoms with Crippen LogP contribution in [0.2, 0.25) is 0 Å². The minimum absolute atomic E-state index is 0.0691. The van der Waals surface area contributed by atoms with Crippen molar-refractivity contribution in [2.45, 2.75) is 39.3 Å². The van der Waals surface area contributed by atoms with Gasteiger partial charge in [0.1, 0.15) is 0 Å². The van der Waals surface area contributed by atoms with E-state index in [9.17, 15) is 4.79 Å². The van der Waals surface area contributed by atoms with Crippen LogP contribution in [0.15, 0.2) is 29.5 Å². The maximum absolute atomic E-state index is 11.6. The molecule has 1 atom stereocenters. The largest absolute Gasteiger partial charge is 0.356 e. The summed E-state index contributed by atoms with van der Waals surface area (Å²) in [4.78, 5) is 15.8. The first kappa shape index (κ1) is 17.1. The average molecular weight is 293 g/mol. The number of rotatable bonds is 8. The minimum atomic E-state index is 0.0691. The standard InChI is InChI=1S/C15H27N5O/c1-4-13(2)19-14(21)7-8-17-15(16-3)18-9-12-20-10-5-6-11-20/h5-6,10-11,13H,4,7-9,12H2,1-3H3,(H,19,21)(H2,16,17,18). The fraction of sp³-hybridized carbons (Fsp3) is 0.600. The molecule has 3 N–H and O–H groups in total. The Morgan fingerprint density at radius 3 is 2.52 bits per heavy atom. The molecule has 0 saturated carbocycles. The van der Waals surface area contributed by atoms with Crippen molar-refractivity contribution in [2.24, 2.45) is 4.99 Å². The van der Waals surface area contributed by atoms with Gasteiger partial charge in [-0.25, -0.2) is 0 Å². The van der Waals surface area contributed by atoms with Crippen LogP contribution in [-0.4, -0.2) is 42.6 Å². The molecule has 6 heteroatoms. The number of aromatic nitrogens is 1. The monoisotopic (exact) mass is 293 g/mol. The molecule has 6 nitrogen and oxygen atoms in total. The van der Waals surface area contributed by atoms with E-state index in [-0.39, 0.29) is 11.9 Å². The second-order valence-corrected chi connectivity index (χ2v) is 4.97. The highest BCUT2D eigenvalue weighted by Crippen LogP contribution is 1.90. The molecule has 1 heterocycles. The van der Waals surface area contributed by atoms with Gasteiger partial charge < -0.3 is 20.5 Å². The van der Waals surface area contributed by atoms with Crippen molar-refractivity contribution >= 4 is 11.9 Å². The number of nitrogens with one attached hydrogen (secondary N) is 3. The lowest BCUT2D eigenvalue weighted by molar-refractivity contribution is -0.121. The third kappa shape index (κ3) is 7.39. The predicted molar refractivity (Wildman–Crippen MR) is 86.3 cm³/mol. The van der Waals surface area contributed by atoms with Crippen molar-refractivity contribution in [3.63, 3.8) is 0 Å². The molecule has 0 aliphatic rings. The summed E-state index contributed by atoms with van der Waals surface area (Å²) in [6.45, 7) is 6.30. The Balaban J connectivity index is 2.15. The van der Waals surface area contributed by atoms with Crippen molar-refractivity contribution in [3.05, 3.63) is 24.5 Å². The molecule has 0 spiro atoms. The number of hydrogen-bond donors (Lipinski definition) is 3. The van der Waals surface area contributed by atoms with Gasteiger partial charge in [0, 0.05) is 51.5 Å². The molecule has 1 rings (SSSR count). The van der Waals surface area contributed by atoms with Gasteiger partial charge in [0.05, 0.1) is 0 Å². The lowest BCUT2D eigenvalue weighted by atomic mass is 10.2. The summed E-state index contributed by atoms with van der Waals surface area (Å²) in [5.41, 5.74) is 0. The smallest absolute Gasteiger partial charge is 0.221 e. The van der Waals surface area contributed by atoms with Crippen LogP contribution in [0.5, 0.6) is 0 Å². The van der Waals surface area contributed by atoms with Crippen LogP contribution in [-0.2, 0) is 11.3 Å². The lowest BCUT2D eigenvalue weighted by Gasteiger charge is -2.14. The predicted octanol–water partition coefficient (Wildman–Crippen LogP) is 0.958. The number of aliphatic imine (C=N–C) groups is 1. The summed E-state index contributed by atoms with van der Waals surface area (Å²) >= 11 is 0. The van der Waals surface area contributed by atoms with Crippen LogP contribution in [0, 0.1) is 0 Å². The van der Waals surface area contributed by atoms with E-state index in [1.54, 1.807) is 7.05 Å². The van der Waals surface area contributed by atoms with Gasteiger partial charge in [-0.1, -0.05) is 6.92 Å².